The van der Waals surface area contributed by atoms with Gasteiger partial charge in [-0.3, -0.25) is 4.98 Å². The number of nitrogens with zero attached hydrogens (tertiary/aromatic N) is 5. The molecule has 0 atom stereocenters. The van der Waals surface area contributed by atoms with Crippen LogP contribution < -0.4 is 5.69 Å². The topological polar surface area (TPSA) is 88.8 Å². The van der Waals surface area contributed by atoms with Crippen molar-refractivity contribution in [1.29, 1.82) is 0 Å². The van der Waals surface area contributed by atoms with E-state index < -0.39 is 0 Å². The molecule has 0 fully saturated rings. The molecule has 7 nitrogen and oxygen atoms in total. The van der Waals surface area contributed by atoms with Crippen LogP contribution in [-0.2, 0) is 0 Å². The molecule has 3 aromatic rings. The molecule has 3 rings (SSSR count). The maximum Gasteiger partial charge on any atom is 0.349 e. The summed E-state index contributed by atoms with van der Waals surface area (Å²) in [7, 11) is 0. The van der Waals surface area contributed by atoms with Crippen LogP contribution in [0.1, 0.15) is 0 Å². The number of rotatable bonds is 0. The average Bonchev–Trinajstić information content (AvgIpc) is 2.67. The third-order valence-corrected chi connectivity index (χ3v) is 1.88. The fraction of sp³-hybridized carbons (Fsp3) is 0. The summed E-state index contributed by atoms with van der Waals surface area (Å²) in [6.45, 7) is 0. The molecule has 0 bridgehead atoms. The molecule has 0 saturated carbocycles. The first-order valence-corrected chi connectivity index (χ1v) is 3.89. The van der Waals surface area contributed by atoms with Crippen LogP contribution >= 0.6 is 0 Å². The quantitative estimate of drug-likeness (QED) is 0.507. The van der Waals surface area contributed by atoms with E-state index in [-0.39, 0.29) is 5.69 Å². The Balaban J connectivity index is 2.73. The van der Waals surface area contributed by atoms with E-state index >= 15 is 0 Å². The number of hydrogen-bond donors (Lipinski definition) is 1. The van der Waals surface area contributed by atoms with Crippen molar-refractivity contribution in [2.24, 2.45) is 0 Å². The normalized spacial score (nSPS) is 11.1. The lowest BCUT2D eigenvalue weighted by Crippen LogP contribution is -2.18. The van der Waals surface area contributed by atoms with Crippen molar-refractivity contribution in [3.63, 3.8) is 0 Å². The number of H-pyrrole nitrogens is 1. The minimum absolute atomic E-state index is 0.370. The Labute approximate surface area is 76.5 Å². The Hall–Kier alpha value is -2.31. The first kappa shape index (κ1) is 7.13. The summed E-state index contributed by atoms with van der Waals surface area (Å²) in [5, 5.41) is 3.76. The van der Waals surface area contributed by atoms with Gasteiger partial charge in [-0.05, 0) is 0 Å². The van der Waals surface area contributed by atoms with Crippen LogP contribution in [0, 0.1) is 0 Å². The van der Waals surface area contributed by atoms with Gasteiger partial charge in [0.15, 0.2) is 16.8 Å². The van der Waals surface area contributed by atoms with Gasteiger partial charge in [0.05, 0.1) is 0 Å². The van der Waals surface area contributed by atoms with Crippen LogP contribution in [0.3, 0.4) is 0 Å². The van der Waals surface area contributed by atoms with Crippen molar-refractivity contribution >= 4 is 16.8 Å². The highest BCUT2D eigenvalue weighted by Crippen LogP contribution is 2.06. The van der Waals surface area contributed by atoms with Crippen molar-refractivity contribution in [3.8, 4) is 0 Å². The van der Waals surface area contributed by atoms with E-state index in [1.54, 1.807) is 0 Å². The van der Waals surface area contributed by atoms with Gasteiger partial charge in [0, 0.05) is 12.4 Å². The van der Waals surface area contributed by atoms with Crippen LogP contribution in [0.4, 0.5) is 0 Å². The zero-order chi connectivity index (χ0) is 9.54. The van der Waals surface area contributed by atoms with Crippen LogP contribution in [0.2, 0.25) is 0 Å². The number of aromatic amines is 1. The Kier molecular flexibility index (Phi) is 1.19. The standard InChI is InChI=1S/C7H4N6O/c14-7-12-5-4(8-1-2-9-5)6-10-3-11-13(6)7/h1-3H,(H,9,12,14). The lowest BCUT2D eigenvalue weighted by Gasteiger charge is -1.95. The number of nitrogens with one attached hydrogen (secondary N) is 1. The fourth-order valence-corrected chi connectivity index (χ4v) is 1.30. The molecule has 0 saturated heterocycles. The second kappa shape index (κ2) is 2.34. The Morgan fingerprint density at radius 2 is 2.07 bits per heavy atom. The smallest absolute Gasteiger partial charge is 0.288 e. The van der Waals surface area contributed by atoms with Gasteiger partial charge in [-0.1, -0.05) is 0 Å². The van der Waals surface area contributed by atoms with Gasteiger partial charge in [0.2, 0.25) is 0 Å². The second-order valence-corrected chi connectivity index (χ2v) is 2.68. The van der Waals surface area contributed by atoms with Gasteiger partial charge < -0.3 is 0 Å². The van der Waals surface area contributed by atoms with Crippen LogP contribution in [0.5, 0.6) is 0 Å². The average molecular weight is 188 g/mol. The van der Waals surface area contributed by atoms with E-state index in [2.05, 4.69) is 25.0 Å². The van der Waals surface area contributed by atoms with E-state index in [9.17, 15) is 4.79 Å². The minimum atomic E-state index is -0.370. The molecule has 1 N–H and O–H groups in total. The third kappa shape index (κ3) is 0.777. The highest BCUT2D eigenvalue weighted by Gasteiger charge is 2.07. The van der Waals surface area contributed by atoms with Crippen molar-refractivity contribution in [3.05, 3.63) is 29.2 Å². The molecule has 3 aromatic heterocycles. The van der Waals surface area contributed by atoms with Crippen LogP contribution in [0.25, 0.3) is 16.8 Å². The van der Waals surface area contributed by atoms with Gasteiger partial charge in [-0.15, -0.1) is 0 Å². The molecule has 0 radical (unpaired) electrons. The Bertz CT molecular complexity index is 668. The monoisotopic (exact) mass is 188 g/mol. The molecule has 0 aliphatic rings. The van der Waals surface area contributed by atoms with Crippen molar-refractivity contribution < 1.29 is 0 Å². The molecule has 0 amide bonds. The number of fused-ring (bicyclic) bond motifs is 3. The summed E-state index contributed by atoms with van der Waals surface area (Å²) in [5.74, 6) is 0. The summed E-state index contributed by atoms with van der Waals surface area (Å²) < 4.78 is 1.15. The Morgan fingerprint density at radius 1 is 1.21 bits per heavy atom. The van der Waals surface area contributed by atoms with Gasteiger partial charge in [-0.2, -0.15) is 9.61 Å². The largest absolute Gasteiger partial charge is 0.349 e. The summed E-state index contributed by atoms with van der Waals surface area (Å²) >= 11 is 0. The predicted molar refractivity (Wildman–Crippen MR) is 46.7 cm³/mol. The molecule has 0 aromatic carbocycles. The summed E-state index contributed by atoms with van der Waals surface area (Å²) in [5.41, 5.74) is 0.991. The van der Waals surface area contributed by atoms with Crippen molar-refractivity contribution in [2.75, 3.05) is 0 Å². The van der Waals surface area contributed by atoms with E-state index in [1.165, 1.54) is 18.7 Å². The molecular formula is C7H4N6O. The van der Waals surface area contributed by atoms with Gasteiger partial charge in [0.25, 0.3) is 0 Å². The van der Waals surface area contributed by atoms with Crippen LogP contribution in [-0.4, -0.2) is 29.5 Å². The maximum atomic E-state index is 11.4. The maximum absolute atomic E-state index is 11.4. The van der Waals surface area contributed by atoms with Crippen molar-refractivity contribution in [1.82, 2.24) is 29.5 Å². The molecule has 7 heteroatoms. The van der Waals surface area contributed by atoms with E-state index in [0.717, 1.165) is 4.52 Å². The molecule has 3 heterocycles. The lowest BCUT2D eigenvalue weighted by molar-refractivity contribution is 0.875. The van der Waals surface area contributed by atoms with E-state index in [1.807, 2.05) is 0 Å². The first-order valence-electron chi connectivity index (χ1n) is 3.89. The van der Waals surface area contributed by atoms with Gasteiger partial charge >= 0.3 is 5.69 Å². The molecule has 0 aliphatic carbocycles. The van der Waals surface area contributed by atoms with Gasteiger partial charge in [0.1, 0.15) is 6.33 Å². The molecule has 68 valence electrons. The molecule has 0 aliphatic heterocycles. The number of aromatic nitrogens is 6. The van der Waals surface area contributed by atoms with Crippen LogP contribution in [0.15, 0.2) is 23.5 Å². The number of hydrogen-bond acceptors (Lipinski definition) is 5. The predicted octanol–water partition coefficient (Wildman–Crippen LogP) is -0.639. The van der Waals surface area contributed by atoms with E-state index in [0.29, 0.717) is 16.8 Å². The summed E-state index contributed by atoms with van der Waals surface area (Å²) in [6, 6.07) is 0. The second-order valence-electron chi connectivity index (χ2n) is 2.68. The SMILES string of the molecule is O=c1[nH]c2nccnc2c2ncnn12. The van der Waals surface area contributed by atoms with E-state index in [4.69, 9.17) is 0 Å². The summed E-state index contributed by atoms with van der Waals surface area (Å²) in [4.78, 5) is 25.9. The molecular weight excluding hydrogens is 184 g/mol. The van der Waals surface area contributed by atoms with Crippen molar-refractivity contribution in [2.45, 2.75) is 0 Å². The molecule has 14 heavy (non-hydrogen) atoms. The van der Waals surface area contributed by atoms with Gasteiger partial charge in [-0.25, -0.2) is 19.7 Å². The molecule has 0 spiro atoms. The third-order valence-electron chi connectivity index (χ3n) is 1.88. The first-order chi connectivity index (χ1) is 6.86. The highest BCUT2D eigenvalue weighted by atomic mass is 16.1. The highest BCUT2D eigenvalue weighted by molar-refractivity contribution is 5.83. The summed E-state index contributed by atoms with van der Waals surface area (Å²) in [6.07, 6.45) is 4.35. The Morgan fingerprint density at radius 3 is 3.00 bits per heavy atom. The fourth-order valence-electron chi connectivity index (χ4n) is 1.30. The minimum Gasteiger partial charge on any atom is -0.288 e. The lowest BCUT2D eigenvalue weighted by atomic mass is 10.5. The molecule has 0 unspecified atom stereocenters. The zero-order valence-corrected chi connectivity index (χ0v) is 6.88. The zero-order valence-electron chi connectivity index (χ0n) is 6.88.